The largest absolute Gasteiger partial charge is 0.356 e. The quantitative estimate of drug-likeness (QED) is 0.478. The maximum Gasteiger partial charge on any atom is 0.123 e. The van der Waals surface area contributed by atoms with E-state index in [1.165, 1.54) is 12.1 Å². The number of rotatable bonds is 0. The van der Waals surface area contributed by atoms with Gasteiger partial charge in [-0.3, -0.25) is 0 Å². The zero-order valence-corrected chi connectivity index (χ0v) is 7.11. The molecule has 1 aromatic carbocycles. The number of benzene rings is 1. The molecule has 8 nitrogen and oxygen atoms in total. The van der Waals surface area contributed by atoms with Gasteiger partial charge in [0.15, 0.2) is 0 Å². The van der Waals surface area contributed by atoms with Crippen molar-refractivity contribution in [2.75, 3.05) is 0 Å². The van der Waals surface area contributed by atoms with Crippen LogP contribution in [0.1, 0.15) is 0 Å². The summed E-state index contributed by atoms with van der Waals surface area (Å²) < 4.78 is 11.9. The van der Waals surface area contributed by atoms with E-state index < -0.39 is 10.2 Å². The van der Waals surface area contributed by atoms with Crippen molar-refractivity contribution in [3.63, 3.8) is 0 Å². The second-order valence-corrected chi connectivity index (χ2v) is 1.74. The third-order valence-electron chi connectivity index (χ3n) is 0.733. The highest BCUT2D eigenvalue weighted by molar-refractivity contribution is 5.02. The van der Waals surface area contributed by atoms with Gasteiger partial charge >= 0.3 is 0 Å². The van der Waals surface area contributed by atoms with Gasteiger partial charge in [-0.1, -0.05) is 18.2 Å². The number of hydrogen-bond donors (Lipinski definition) is 0. The maximum absolute atomic E-state index is 11.9. The van der Waals surface area contributed by atoms with Crippen molar-refractivity contribution in [3.05, 3.63) is 66.8 Å². The summed E-state index contributed by atoms with van der Waals surface area (Å²) in [6, 6.07) is 7.94. The molecule has 0 bridgehead atoms. The fraction of sp³-hybridized carbons (Fsp3) is 0. The monoisotopic (exact) mass is 220 g/mol. The molecule has 0 saturated carbocycles. The molecule has 1 rings (SSSR count). The Morgan fingerprint density at radius 2 is 1.13 bits per heavy atom. The summed E-state index contributed by atoms with van der Waals surface area (Å²) in [5.41, 5.74) is 0. The van der Waals surface area contributed by atoms with Crippen LogP contribution in [0, 0.1) is 36.5 Å². The van der Waals surface area contributed by atoms with Gasteiger partial charge < -0.3 is 30.6 Å². The van der Waals surface area contributed by atoms with Crippen LogP contribution in [0.15, 0.2) is 30.3 Å². The van der Waals surface area contributed by atoms with Crippen LogP contribution in [0.5, 0.6) is 0 Å². The number of hydrogen-bond acceptors (Lipinski definition) is 6. The van der Waals surface area contributed by atoms with Crippen LogP contribution in [-0.2, 0) is 0 Å². The molecule has 0 N–H and O–H groups in total. The first kappa shape index (κ1) is 15.0. The lowest BCUT2D eigenvalue weighted by atomic mass is 10.4. The molecule has 0 radical (unpaired) electrons. The predicted octanol–water partition coefficient (Wildman–Crippen LogP) is 1.35. The van der Waals surface area contributed by atoms with Gasteiger partial charge in [0.1, 0.15) is 5.82 Å². The Morgan fingerprint density at radius 1 is 0.867 bits per heavy atom. The Morgan fingerprint density at radius 3 is 1.27 bits per heavy atom. The SMILES string of the molecule is Fc1ccccc1.O=[N+]([O-])[O-].O=[N+]([O-])[O-]. The summed E-state index contributed by atoms with van der Waals surface area (Å²) in [6.07, 6.45) is 0. The molecule has 15 heavy (non-hydrogen) atoms. The molecule has 0 aliphatic heterocycles. The highest BCUT2D eigenvalue weighted by Gasteiger charge is 1.77. The molecule has 84 valence electrons. The van der Waals surface area contributed by atoms with E-state index in [0.29, 0.717) is 0 Å². The zero-order valence-electron chi connectivity index (χ0n) is 7.11. The zero-order chi connectivity index (χ0) is 12.3. The summed E-state index contributed by atoms with van der Waals surface area (Å²) in [5.74, 6) is -0.178. The van der Waals surface area contributed by atoms with Gasteiger partial charge in [0.2, 0.25) is 0 Å². The summed E-state index contributed by atoms with van der Waals surface area (Å²) >= 11 is 0. The Kier molecular flexibility index (Phi) is 9.66. The summed E-state index contributed by atoms with van der Waals surface area (Å²) in [6.45, 7) is 0. The molecule has 0 aliphatic carbocycles. The van der Waals surface area contributed by atoms with E-state index in [2.05, 4.69) is 0 Å². The van der Waals surface area contributed by atoms with E-state index in [1.54, 1.807) is 18.2 Å². The van der Waals surface area contributed by atoms with Gasteiger partial charge in [-0.2, -0.15) is 0 Å². The number of nitrogens with zero attached hydrogens (tertiary/aromatic N) is 2. The average Bonchev–Trinajstić information content (AvgIpc) is 2.03. The Hall–Kier alpha value is -2.45. The maximum atomic E-state index is 11.9. The van der Waals surface area contributed by atoms with Gasteiger partial charge in [-0.25, -0.2) is 4.39 Å². The van der Waals surface area contributed by atoms with Crippen LogP contribution in [0.2, 0.25) is 0 Å². The highest BCUT2D eigenvalue weighted by atomic mass is 19.1. The van der Waals surface area contributed by atoms with Gasteiger partial charge in [-0.05, 0) is 12.1 Å². The van der Waals surface area contributed by atoms with Gasteiger partial charge in [0, 0.05) is 0 Å². The third kappa shape index (κ3) is 34.2. The van der Waals surface area contributed by atoms with Crippen molar-refractivity contribution in [2.45, 2.75) is 0 Å². The fourth-order valence-corrected chi connectivity index (χ4v) is 0.415. The van der Waals surface area contributed by atoms with Crippen molar-refractivity contribution < 1.29 is 14.6 Å². The third-order valence-corrected chi connectivity index (χ3v) is 0.733. The van der Waals surface area contributed by atoms with E-state index in [9.17, 15) is 4.39 Å². The summed E-state index contributed by atoms with van der Waals surface area (Å²) in [4.78, 5) is 16.5. The van der Waals surface area contributed by atoms with Crippen LogP contribution >= 0.6 is 0 Å². The van der Waals surface area contributed by atoms with Crippen molar-refractivity contribution in [2.24, 2.45) is 0 Å². The Bertz CT molecular complexity index is 273. The van der Waals surface area contributed by atoms with E-state index in [0.717, 1.165) is 0 Å². The Balaban J connectivity index is 0. The smallest absolute Gasteiger partial charge is 0.123 e. The molecule has 1 aromatic rings. The minimum absolute atomic E-state index is 0.178. The van der Waals surface area contributed by atoms with Crippen LogP contribution in [0.4, 0.5) is 4.39 Å². The standard InChI is InChI=1S/C6H5F.2NO3/c7-6-4-2-1-3-5-6;2*2-1(3)4/h1-5H;;/q;2*-1. The second-order valence-electron chi connectivity index (χ2n) is 1.74. The molecule has 0 spiro atoms. The Labute approximate surface area is 82.4 Å². The molecule has 0 atom stereocenters. The molecule has 0 aromatic heterocycles. The molecule has 0 unspecified atom stereocenters. The van der Waals surface area contributed by atoms with Crippen LogP contribution < -0.4 is 0 Å². The molecule has 0 fully saturated rings. The molecular weight excluding hydrogens is 215 g/mol. The van der Waals surface area contributed by atoms with Crippen LogP contribution in [-0.4, -0.2) is 10.2 Å². The summed E-state index contributed by atoms with van der Waals surface area (Å²) in [5, 5.41) is 29.5. The average molecular weight is 220 g/mol. The van der Waals surface area contributed by atoms with Crippen molar-refractivity contribution in [3.8, 4) is 0 Å². The topological polar surface area (TPSA) is 132 Å². The molecule has 0 heterocycles. The summed E-state index contributed by atoms with van der Waals surface area (Å²) in [7, 11) is 0. The molecule has 9 heteroatoms. The van der Waals surface area contributed by atoms with Crippen molar-refractivity contribution >= 4 is 0 Å². The second kappa shape index (κ2) is 9.64. The lowest BCUT2D eigenvalue weighted by molar-refractivity contribution is -0.403. The minimum atomic E-state index is -1.75. The highest BCUT2D eigenvalue weighted by Crippen LogP contribution is 1.91. The lowest BCUT2D eigenvalue weighted by Gasteiger charge is -1.78. The van der Waals surface area contributed by atoms with Gasteiger partial charge in [0.05, 0.1) is 10.2 Å². The van der Waals surface area contributed by atoms with E-state index >= 15 is 0 Å². The molecule has 0 saturated heterocycles. The first-order chi connectivity index (χ1) is 6.86. The molecular formula is C6H5FN2O6-2. The predicted molar refractivity (Wildman–Crippen MR) is 47.1 cm³/mol. The van der Waals surface area contributed by atoms with Crippen LogP contribution in [0.3, 0.4) is 0 Å². The lowest BCUT2D eigenvalue weighted by Crippen LogP contribution is -1.74. The minimum Gasteiger partial charge on any atom is -0.356 e. The fourth-order valence-electron chi connectivity index (χ4n) is 0.415. The molecule has 0 aliphatic rings. The van der Waals surface area contributed by atoms with Gasteiger partial charge in [-0.15, -0.1) is 0 Å². The van der Waals surface area contributed by atoms with E-state index in [-0.39, 0.29) is 5.82 Å². The van der Waals surface area contributed by atoms with E-state index in [4.69, 9.17) is 30.6 Å². The van der Waals surface area contributed by atoms with E-state index in [1.807, 2.05) is 0 Å². The number of halogens is 1. The first-order valence-corrected chi connectivity index (χ1v) is 3.20. The van der Waals surface area contributed by atoms with Crippen molar-refractivity contribution in [1.82, 2.24) is 0 Å². The normalized spacial score (nSPS) is 7.27. The van der Waals surface area contributed by atoms with Gasteiger partial charge in [0.25, 0.3) is 0 Å². The molecule has 0 amide bonds. The van der Waals surface area contributed by atoms with Crippen LogP contribution in [0.25, 0.3) is 0 Å². The first-order valence-electron chi connectivity index (χ1n) is 3.20. The van der Waals surface area contributed by atoms with Crippen molar-refractivity contribution in [1.29, 1.82) is 0 Å².